The summed E-state index contributed by atoms with van der Waals surface area (Å²) in [6, 6.07) is 4.32. The molecule has 4 heterocycles. The van der Waals surface area contributed by atoms with Crippen LogP contribution in [0.15, 0.2) is 18.3 Å². The first-order valence-electron chi connectivity index (χ1n) is 7.81. The molecule has 112 valence electrons. The fourth-order valence-electron chi connectivity index (χ4n) is 3.13. The van der Waals surface area contributed by atoms with Gasteiger partial charge in [-0.2, -0.15) is 16.9 Å². The summed E-state index contributed by atoms with van der Waals surface area (Å²) in [5.74, 6) is 2.29. The molecule has 2 aromatic rings. The van der Waals surface area contributed by atoms with E-state index in [1.54, 1.807) is 0 Å². The highest BCUT2D eigenvalue weighted by molar-refractivity contribution is 8.00. The molecule has 0 aromatic carbocycles. The monoisotopic (exact) mass is 303 g/mol. The van der Waals surface area contributed by atoms with Gasteiger partial charge in [-0.15, -0.1) is 0 Å². The van der Waals surface area contributed by atoms with Crippen LogP contribution in [0.25, 0.3) is 5.65 Å². The summed E-state index contributed by atoms with van der Waals surface area (Å²) in [4.78, 5) is 7.14. The lowest BCUT2D eigenvalue weighted by Crippen LogP contribution is -2.43. The lowest BCUT2D eigenvalue weighted by molar-refractivity contribution is 0.589. The van der Waals surface area contributed by atoms with Crippen LogP contribution in [-0.2, 0) is 6.42 Å². The van der Waals surface area contributed by atoms with Crippen molar-refractivity contribution in [3.05, 3.63) is 24.2 Å². The summed E-state index contributed by atoms with van der Waals surface area (Å²) in [6.07, 6.45) is 5.71. The Morgan fingerprint density at radius 2 is 2.24 bits per heavy atom. The SMILES string of the molecule is c1cn2nc(CC3CCCS3)nc2cc1N1CCNCC1. The van der Waals surface area contributed by atoms with Gasteiger partial charge in [0.15, 0.2) is 11.5 Å². The molecular formula is C15H21N5S. The highest BCUT2D eigenvalue weighted by Crippen LogP contribution is 2.28. The number of nitrogens with zero attached hydrogens (tertiary/aromatic N) is 4. The van der Waals surface area contributed by atoms with E-state index in [0.717, 1.165) is 49.3 Å². The van der Waals surface area contributed by atoms with Crippen molar-refractivity contribution < 1.29 is 0 Å². The van der Waals surface area contributed by atoms with Crippen molar-refractivity contribution in [3.8, 4) is 0 Å². The predicted molar refractivity (Wildman–Crippen MR) is 87.3 cm³/mol. The van der Waals surface area contributed by atoms with Crippen molar-refractivity contribution in [2.24, 2.45) is 0 Å². The first-order chi connectivity index (χ1) is 10.4. The van der Waals surface area contributed by atoms with E-state index >= 15 is 0 Å². The van der Waals surface area contributed by atoms with Crippen molar-refractivity contribution in [2.75, 3.05) is 36.8 Å². The topological polar surface area (TPSA) is 45.5 Å². The van der Waals surface area contributed by atoms with Gasteiger partial charge in [0, 0.05) is 55.8 Å². The van der Waals surface area contributed by atoms with Gasteiger partial charge < -0.3 is 10.2 Å². The zero-order chi connectivity index (χ0) is 14.1. The van der Waals surface area contributed by atoms with Gasteiger partial charge in [0.2, 0.25) is 0 Å². The molecule has 2 aliphatic heterocycles. The Morgan fingerprint density at radius 1 is 1.33 bits per heavy atom. The molecule has 21 heavy (non-hydrogen) atoms. The van der Waals surface area contributed by atoms with Crippen molar-refractivity contribution in [3.63, 3.8) is 0 Å². The summed E-state index contributed by atoms with van der Waals surface area (Å²) in [7, 11) is 0. The fourth-order valence-corrected chi connectivity index (χ4v) is 4.40. The molecule has 0 aliphatic carbocycles. The second-order valence-electron chi connectivity index (χ2n) is 5.79. The normalized spacial score (nSPS) is 23.0. The molecule has 0 radical (unpaired) electrons. The van der Waals surface area contributed by atoms with Crippen molar-refractivity contribution in [1.29, 1.82) is 0 Å². The highest BCUT2D eigenvalue weighted by atomic mass is 32.2. The number of thioether (sulfide) groups is 1. The quantitative estimate of drug-likeness (QED) is 0.933. The van der Waals surface area contributed by atoms with E-state index in [9.17, 15) is 0 Å². The van der Waals surface area contributed by atoms with Crippen LogP contribution in [0.4, 0.5) is 5.69 Å². The molecule has 1 N–H and O–H groups in total. The van der Waals surface area contributed by atoms with E-state index < -0.39 is 0 Å². The summed E-state index contributed by atoms with van der Waals surface area (Å²) in [6.45, 7) is 4.25. The zero-order valence-corrected chi connectivity index (χ0v) is 13.0. The van der Waals surface area contributed by atoms with Crippen molar-refractivity contribution >= 4 is 23.1 Å². The molecule has 0 amide bonds. The Bertz CT molecular complexity index is 614. The maximum atomic E-state index is 4.73. The van der Waals surface area contributed by atoms with Crippen LogP contribution >= 0.6 is 11.8 Å². The molecule has 2 aromatic heterocycles. The van der Waals surface area contributed by atoms with Gasteiger partial charge in [-0.05, 0) is 24.7 Å². The molecule has 6 heteroatoms. The number of anilines is 1. The van der Waals surface area contributed by atoms with E-state index in [4.69, 9.17) is 4.98 Å². The number of piperazine rings is 1. The number of pyridine rings is 1. The summed E-state index contributed by atoms with van der Waals surface area (Å²) in [5, 5.41) is 8.73. The van der Waals surface area contributed by atoms with E-state index in [0.29, 0.717) is 0 Å². The number of hydrogen-bond donors (Lipinski definition) is 1. The molecular weight excluding hydrogens is 282 g/mol. The first kappa shape index (κ1) is 13.4. The average molecular weight is 303 g/mol. The van der Waals surface area contributed by atoms with Crippen LogP contribution in [0.5, 0.6) is 0 Å². The molecule has 2 aliphatic rings. The Kier molecular flexibility index (Phi) is 3.73. The summed E-state index contributed by atoms with van der Waals surface area (Å²) in [5.41, 5.74) is 2.24. The van der Waals surface area contributed by atoms with Crippen molar-refractivity contribution in [1.82, 2.24) is 19.9 Å². The second kappa shape index (κ2) is 5.85. The molecule has 0 bridgehead atoms. The lowest BCUT2D eigenvalue weighted by atomic mass is 10.2. The van der Waals surface area contributed by atoms with E-state index in [1.165, 1.54) is 24.3 Å². The van der Waals surface area contributed by atoms with Gasteiger partial charge in [0.05, 0.1) is 0 Å². The molecule has 5 nitrogen and oxygen atoms in total. The maximum Gasteiger partial charge on any atom is 0.157 e. The number of rotatable bonds is 3. The molecule has 2 saturated heterocycles. The number of aromatic nitrogens is 3. The van der Waals surface area contributed by atoms with Gasteiger partial charge in [-0.3, -0.25) is 0 Å². The largest absolute Gasteiger partial charge is 0.369 e. The maximum absolute atomic E-state index is 4.73. The standard InChI is InChI=1S/C15H21N5S/c1-2-13(21-9-1)11-14-17-15-10-12(3-6-20(15)18-14)19-7-4-16-5-8-19/h3,6,10,13,16H,1-2,4-5,7-9,11H2. The lowest BCUT2D eigenvalue weighted by Gasteiger charge is -2.29. The van der Waals surface area contributed by atoms with Crippen LogP contribution in [0.1, 0.15) is 18.7 Å². The fraction of sp³-hybridized carbons (Fsp3) is 0.600. The zero-order valence-electron chi connectivity index (χ0n) is 12.2. The highest BCUT2D eigenvalue weighted by Gasteiger charge is 2.18. The molecule has 1 atom stereocenters. The number of nitrogens with one attached hydrogen (secondary N) is 1. The van der Waals surface area contributed by atoms with E-state index in [1.807, 2.05) is 10.7 Å². The second-order valence-corrected chi connectivity index (χ2v) is 7.20. The third kappa shape index (κ3) is 2.87. The third-order valence-electron chi connectivity index (χ3n) is 4.28. The van der Waals surface area contributed by atoms with Crippen LogP contribution in [0, 0.1) is 0 Å². The van der Waals surface area contributed by atoms with E-state index in [-0.39, 0.29) is 0 Å². The summed E-state index contributed by atoms with van der Waals surface area (Å²) >= 11 is 2.07. The molecule has 0 spiro atoms. The smallest absolute Gasteiger partial charge is 0.157 e. The average Bonchev–Trinajstić information content (AvgIpc) is 3.16. The van der Waals surface area contributed by atoms with Gasteiger partial charge >= 0.3 is 0 Å². The van der Waals surface area contributed by atoms with Crippen LogP contribution in [0.2, 0.25) is 0 Å². The number of fused-ring (bicyclic) bond motifs is 1. The molecule has 0 saturated carbocycles. The molecule has 1 unspecified atom stereocenters. The molecule has 2 fully saturated rings. The third-order valence-corrected chi connectivity index (χ3v) is 5.68. The first-order valence-corrected chi connectivity index (χ1v) is 8.86. The Hall–Kier alpha value is -1.27. The predicted octanol–water partition coefficient (Wildman–Crippen LogP) is 1.58. The Labute approximate surface area is 129 Å². The van der Waals surface area contributed by atoms with E-state index in [2.05, 4.69) is 39.2 Å². The van der Waals surface area contributed by atoms with Gasteiger partial charge in [0.25, 0.3) is 0 Å². The minimum Gasteiger partial charge on any atom is -0.369 e. The van der Waals surface area contributed by atoms with Crippen LogP contribution in [-0.4, -0.2) is 51.8 Å². The Morgan fingerprint density at radius 3 is 3.05 bits per heavy atom. The molecule has 4 rings (SSSR count). The van der Waals surface area contributed by atoms with Crippen LogP contribution in [0.3, 0.4) is 0 Å². The van der Waals surface area contributed by atoms with Gasteiger partial charge in [-0.25, -0.2) is 9.50 Å². The van der Waals surface area contributed by atoms with Crippen LogP contribution < -0.4 is 10.2 Å². The summed E-state index contributed by atoms with van der Waals surface area (Å²) < 4.78 is 1.92. The van der Waals surface area contributed by atoms with Crippen molar-refractivity contribution in [2.45, 2.75) is 24.5 Å². The number of hydrogen-bond acceptors (Lipinski definition) is 5. The van der Waals surface area contributed by atoms with Gasteiger partial charge in [-0.1, -0.05) is 0 Å². The minimum absolute atomic E-state index is 0.718. The van der Waals surface area contributed by atoms with Gasteiger partial charge in [0.1, 0.15) is 0 Å². The Balaban J connectivity index is 1.55. The minimum atomic E-state index is 0.718.